The molecule has 31 nitrogen and oxygen atoms in total. The number of benzene rings is 1. The van der Waals surface area contributed by atoms with E-state index in [9.17, 15) is 77.3 Å². The summed E-state index contributed by atoms with van der Waals surface area (Å²) in [5.74, 6) is -14.1. The number of aliphatic hydroxyl groups is 1. The van der Waals surface area contributed by atoms with Crippen molar-refractivity contribution in [3.05, 3.63) is 29.8 Å². The maximum Gasteiger partial charge on any atom is 0.245 e. The Bertz CT molecular complexity index is 2860. The summed E-state index contributed by atoms with van der Waals surface area (Å²) in [5, 5.41) is 52.3. The Labute approximate surface area is 555 Å². The molecule has 18 N–H and O–H groups in total. The second kappa shape index (κ2) is 37.7. The molecule has 0 saturated carbocycles. The van der Waals surface area contributed by atoms with Gasteiger partial charge >= 0.3 is 0 Å². The number of fused-ring (bicyclic) bond motifs is 6. The van der Waals surface area contributed by atoms with Gasteiger partial charge in [-0.1, -0.05) is 96.9 Å². The number of carbonyl (C=O) groups is 14. The molecule has 93 heavy (non-hydrogen) atoms. The second-order valence-electron chi connectivity index (χ2n) is 24.3. The number of hydrogen-bond donors (Lipinski definition) is 16. The quantitative estimate of drug-likeness (QED) is 0.0491. The first-order chi connectivity index (χ1) is 44.0. The third kappa shape index (κ3) is 25.0. The van der Waals surface area contributed by atoms with E-state index >= 15 is 0 Å². The molecule has 4 aliphatic rings. The van der Waals surface area contributed by atoms with Crippen molar-refractivity contribution in [2.45, 2.75) is 172 Å². The van der Waals surface area contributed by atoms with Crippen molar-refractivity contribution in [2.24, 2.45) is 29.2 Å². The lowest BCUT2D eigenvalue weighted by molar-refractivity contribution is -0.142. The maximum atomic E-state index is 14.9. The highest BCUT2D eigenvalue weighted by molar-refractivity contribution is 8.77. The summed E-state index contributed by atoms with van der Waals surface area (Å²) < 4.78 is 0. The minimum absolute atomic E-state index is 0.00339. The zero-order chi connectivity index (χ0) is 68.6. The fourth-order valence-corrected chi connectivity index (χ4v) is 14.9. The maximum absolute atomic E-state index is 14.9. The first-order valence-corrected chi connectivity index (χ1v) is 35.8. The van der Waals surface area contributed by atoms with Crippen LogP contribution in [0.25, 0.3) is 0 Å². The van der Waals surface area contributed by atoms with Crippen LogP contribution in [-0.2, 0) is 73.5 Å². The molecule has 1 aromatic carbocycles. The van der Waals surface area contributed by atoms with Gasteiger partial charge in [0.25, 0.3) is 0 Å². The number of aliphatic hydroxyl groups excluding tert-OH is 1. The molecule has 5 rings (SSSR count). The summed E-state index contributed by atoms with van der Waals surface area (Å²) in [7, 11) is 3.73. The number of amides is 14. The van der Waals surface area contributed by atoms with Crippen LogP contribution in [0.4, 0.5) is 0 Å². The highest BCUT2D eigenvalue weighted by Gasteiger charge is 2.44. The minimum atomic E-state index is -1.58. The van der Waals surface area contributed by atoms with Crippen molar-refractivity contribution < 1.29 is 77.3 Å². The zero-order valence-corrected chi connectivity index (χ0v) is 56.1. The van der Waals surface area contributed by atoms with Gasteiger partial charge in [-0.25, -0.2) is 0 Å². The standard InChI is InChI=1S/C58H89N15O16S4/c1-28(2)17-36-52(83)70-41-26-93-91-25-40(50(81)62-21-45(77)64-37(19-31-10-12-32(74)13-11-31)53(84)65-34(51(82)66-36)9-7-8-16-59)69-55(86)42(71-57(88)47(30(5)6)72-46(78)22-61-49(80)35-14-15-44(76)63-35)27-92-90-24-39(48(60)79)68-56(87)43-20-33(75)23-73(43)58(89)38(18-29(3)4)67-54(41)85/h10-13,28-30,33-43,47,74-75H,7-9,14-27,59H2,1-6H3,(H2,60,79)(H,61,80)(H,62,81)(H,63,76)(H,64,77)(H,65,84)(H,66,82)(H,67,85)(H,68,87)(H,69,86)(H,70,83)(H,71,88)(H,72,78)/t33-,34+,35+,36+,37+,38+,39+,40+,41+,42+,43+,47+/m1/s1. The molecule has 1 aromatic rings. The van der Waals surface area contributed by atoms with E-state index in [-0.39, 0.29) is 105 Å². The average Bonchev–Trinajstić information content (AvgIpc) is 1.90. The lowest BCUT2D eigenvalue weighted by atomic mass is 10.0. The Morgan fingerprint density at radius 3 is 1.86 bits per heavy atom. The third-order valence-corrected chi connectivity index (χ3v) is 20.1. The van der Waals surface area contributed by atoms with E-state index in [1.54, 1.807) is 41.5 Å². The molecule has 516 valence electrons. The van der Waals surface area contributed by atoms with E-state index < -0.39 is 168 Å². The first kappa shape index (κ1) is 76.6. The topological polar surface area (TPSA) is 479 Å². The van der Waals surface area contributed by atoms with Gasteiger partial charge in [-0.3, -0.25) is 67.1 Å². The Morgan fingerprint density at radius 2 is 1.24 bits per heavy atom. The monoisotopic (exact) mass is 1380 g/mol. The molecule has 0 radical (unpaired) electrons. The van der Waals surface area contributed by atoms with Gasteiger partial charge in [0.2, 0.25) is 82.7 Å². The number of primary amides is 1. The van der Waals surface area contributed by atoms with Crippen LogP contribution in [0.15, 0.2) is 24.3 Å². The molecule has 0 aromatic heterocycles. The number of hydrogen-bond acceptors (Lipinski definition) is 21. The van der Waals surface area contributed by atoms with Crippen LogP contribution in [0.1, 0.15) is 98.5 Å². The van der Waals surface area contributed by atoms with Gasteiger partial charge in [0, 0.05) is 48.8 Å². The summed E-state index contributed by atoms with van der Waals surface area (Å²) in [6, 6.07) is -9.44. The third-order valence-electron chi connectivity index (χ3n) is 15.2. The van der Waals surface area contributed by atoms with Gasteiger partial charge < -0.3 is 90.4 Å². The summed E-state index contributed by atoms with van der Waals surface area (Å²) in [4.78, 5) is 197. The van der Waals surface area contributed by atoms with Crippen molar-refractivity contribution in [1.29, 1.82) is 0 Å². The number of phenols is 1. The number of phenolic OH excluding ortho intramolecular Hbond substituents is 1. The molecule has 4 aliphatic heterocycles. The van der Waals surface area contributed by atoms with Gasteiger partial charge in [0.15, 0.2) is 0 Å². The lowest BCUT2D eigenvalue weighted by Crippen LogP contribution is -2.61. The number of aromatic hydroxyl groups is 1. The van der Waals surface area contributed by atoms with Crippen molar-refractivity contribution in [3.63, 3.8) is 0 Å². The average molecular weight is 1380 g/mol. The SMILES string of the molecule is CC(C)C[C@@H]1NC(=O)[C@H](CCCCN)NC(=O)[C@H](Cc2ccc(O)cc2)NC(=O)CNC(=O)[C@@H]2CSSC[C@H](NC1=O)C(=O)N[C@@H](CC(C)C)C(=O)N1C[C@H](O)C[C@H]1C(=O)N[C@H](C(N)=O)CSSC[C@H](NC(=O)[C@@H](NC(=O)CNC(=O)[C@@H]1CCC(=O)N1)C(C)C)C(=O)N2. The zero-order valence-electron chi connectivity index (χ0n) is 52.8. The van der Waals surface area contributed by atoms with E-state index in [0.717, 1.165) is 48.1 Å². The summed E-state index contributed by atoms with van der Waals surface area (Å²) in [5.41, 5.74) is 12.1. The number of rotatable bonds is 18. The number of unbranched alkanes of at least 4 members (excludes halogenated alkanes) is 1. The predicted octanol–water partition coefficient (Wildman–Crippen LogP) is -4.08. The van der Waals surface area contributed by atoms with Gasteiger partial charge in [-0.2, -0.15) is 0 Å². The molecule has 0 unspecified atom stereocenters. The van der Waals surface area contributed by atoms with E-state index in [2.05, 4.69) is 63.8 Å². The normalized spacial score (nSPS) is 26.8. The molecule has 4 fully saturated rings. The van der Waals surface area contributed by atoms with Crippen molar-refractivity contribution in [2.75, 3.05) is 49.2 Å². The van der Waals surface area contributed by atoms with E-state index in [0.29, 0.717) is 18.4 Å². The van der Waals surface area contributed by atoms with Gasteiger partial charge in [0.1, 0.15) is 72.2 Å². The van der Waals surface area contributed by atoms with Gasteiger partial charge in [-0.05, 0) is 80.5 Å². The number of nitrogens with zero attached hydrogens (tertiary/aromatic N) is 1. The Morgan fingerprint density at radius 1 is 0.645 bits per heavy atom. The van der Waals surface area contributed by atoms with Crippen molar-refractivity contribution in [3.8, 4) is 5.75 Å². The fourth-order valence-electron chi connectivity index (χ4n) is 10.2. The Kier molecular flexibility index (Phi) is 31.1. The minimum Gasteiger partial charge on any atom is -0.508 e. The van der Waals surface area contributed by atoms with Crippen LogP contribution < -0.4 is 75.3 Å². The fraction of sp³-hybridized carbons (Fsp3) is 0.655. The molecule has 35 heteroatoms. The van der Waals surface area contributed by atoms with Crippen LogP contribution in [-0.4, -0.2) is 220 Å². The largest absolute Gasteiger partial charge is 0.508 e. The second-order valence-corrected chi connectivity index (χ2v) is 29.4. The van der Waals surface area contributed by atoms with Crippen molar-refractivity contribution in [1.82, 2.24) is 68.7 Å². The number of nitrogens with two attached hydrogens (primary N) is 2. The Balaban J connectivity index is 1.59. The smallest absolute Gasteiger partial charge is 0.245 e. The molecule has 0 aliphatic carbocycles. The molecule has 0 spiro atoms. The van der Waals surface area contributed by atoms with Gasteiger partial charge in [-0.15, -0.1) is 0 Å². The summed E-state index contributed by atoms with van der Waals surface area (Å²) in [6.45, 7) is 8.79. The molecule has 2 bridgehead atoms. The van der Waals surface area contributed by atoms with Crippen LogP contribution >= 0.6 is 43.2 Å². The molecule has 4 heterocycles. The molecule has 12 atom stereocenters. The first-order valence-electron chi connectivity index (χ1n) is 30.8. The summed E-state index contributed by atoms with van der Waals surface area (Å²) >= 11 is 0. The van der Waals surface area contributed by atoms with Crippen molar-refractivity contribution >= 4 is 126 Å². The van der Waals surface area contributed by atoms with Gasteiger partial charge in [0.05, 0.1) is 19.2 Å². The van der Waals surface area contributed by atoms with Crippen LogP contribution in [0.2, 0.25) is 0 Å². The van der Waals surface area contributed by atoms with E-state index in [1.165, 1.54) is 24.3 Å². The lowest BCUT2D eigenvalue weighted by Gasteiger charge is -2.31. The molecular formula is C58H89N15O16S4. The molecule has 4 saturated heterocycles. The van der Waals surface area contributed by atoms with E-state index in [4.69, 9.17) is 11.5 Å². The Hall–Kier alpha value is -7.08. The van der Waals surface area contributed by atoms with Crippen LogP contribution in [0.5, 0.6) is 5.75 Å². The van der Waals surface area contributed by atoms with Crippen LogP contribution in [0, 0.1) is 17.8 Å². The highest BCUT2D eigenvalue weighted by atomic mass is 33.1. The molecule has 14 amide bonds. The summed E-state index contributed by atoms with van der Waals surface area (Å²) in [6.07, 6.45) is -0.575. The number of nitrogens with one attached hydrogen (secondary N) is 12. The van der Waals surface area contributed by atoms with E-state index in [1.807, 2.05) is 0 Å². The van der Waals surface area contributed by atoms with Crippen LogP contribution in [0.3, 0.4) is 0 Å². The highest BCUT2D eigenvalue weighted by Crippen LogP contribution is 2.27. The number of carbonyl (C=O) groups excluding carboxylic acids is 14. The predicted molar refractivity (Wildman–Crippen MR) is 348 cm³/mol. The molecular weight excluding hydrogens is 1290 g/mol.